The topological polar surface area (TPSA) is 58.4 Å². The van der Waals surface area contributed by atoms with Crippen molar-refractivity contribution in [3.8, 4) is 0 Å². The highest BCUT2D eigenvalue weighted by Crippen LogP contribution is 2.32. The first-order chi connectivity index (χ1) is 10.8. The maximum absolute atomic E-state index is 12.6. The first-order valence-corrected chi connectivity index (χ1v) is 8.79. The third-order valence-electron chi connectivity index (χ3n) is 5.36. The first kappa shape index (κ1) is 19.7. The van der Waals surface area contributed by atoms with Crippen LogP contribution >= 0.6 is 0 Å². The second-order valence-corrected chi connectivity index (χ2v) is 6.53. The lowest BCUT2D eigenvalue weighted by Gasteiger charge is -2.40. The van der Waals surface area contributed by atoms with E-state index in [1.54, 1.807) is 0 Å². The molecule has 0 aromatic carbocycles. The van der Waals surface area contributed by atoms with Crippen molar-refractivity contribution in [2.75, 3.05) is 20.1 Å². The van der Waals surface area contributed by atoms with E-state index in [4.69, 9.17) is 4.52 Å². The quantitative estimate of drug-likeness (QED) is 0.756. The van der Waals surface area contributed by atoms with Gasteiger partial charge in [-0.3, -0.25) is 4.79 Å². The second-order valence-electron chi connectivity index (χ2n) is 6.53. The van der Waals surface area contributed by atoms with Gasteiger partial charge in [0, 0.05) is 30.0 Å². The van der Waals surface area contributed by atoms with Crippen LogP contribution in [0.1, 0.15) is 69.3 Å². The van der Waals surface area contributed by atoms with Crippen LogP contribution in [0.5, 0.6) is 0 Å². The molecule has 0 aliphatic heterocycles. The van der Waals surface area contributed by atoms with Gasteiger partial charge < -0.3 is 14.7 Å². The Balaban J connectivity index is 2.91. The number of nitrogens with zero attached hydrogens (tertiary/aromatic N) is 2. The largest absolute Gasteiger partial charge is 0.360 e. The maximum Gasteiger partial charge on any atom is 0.273 e. The zero-order chi connectivity index (χ0) is 17.6. The fraction of sp³-hybridized carbons (Fsp3) is 0.778. The third-order valence-corrected chi connectivity index (χ3v) is 5.36. The average Bonchev–Trinajstić information content (AvgIpc) is 2.92. The van der Waals surface area contributed by atoms with Gasteiger partial charge in [-0.1, -0.05) is 32.9 Å². The van der Waals surface area contributed by atoms with E-state index in [-0.39, 0.29) is 17.4 Å². The summed E-state index contributed by atoms with van der Waals surface area (Å²) in [6, 6.07) is 0.0696. The van der Waals surface area contributed by atoms with Crippen LogP contribution in [0.3, 0.4) is 0 Å². The summed E-state index contributed by atoms with van der Waals surface area (Å²) in [6.07, 6.45) is 2.79. The molecule has 0 bridgehead atoms. The van der Waals surface area contributed by atoms with Crippen molar-refractivity contribution in [1.29, 1.82) is 0 Å². The number of hydrogen-bond acceptors (Lipinski definition) is 4. The molecule has 23 heavy (non-hydrogen) atoms. The summed E-state index contributed by atoms with van der Waals surface area (Å²) in [7, 11) is 2.13. The Morgan fingerprint density at radius 1 is 1.30 bits per heavy atom. The number of aryl methyl sites for hydroxylation is 1. The van der Waals surface area contributed by atoms with Gasteiger partial charge in [-0.25, -0.2) is 0 Å². The molecular formula is C18H33N3O2. The molecule has 1 amide bonds. The van der Waals surface area contributed by atoms with Crippen molar-refractivity contribution in [2.24, 2.45) is 5.41 Å². The minimum absolute atomic E-state index is 0.0612. The van der Waals surface area contributed by atoms with E-state index in [9.17, 15) is 4.79 Å². The highest BCUT2D eigenvalue weighted by atomic mass is 16.5. The van der Waals surface area contributed by atoms with Gasteiger partial charge >= 0.3 is 0 Å². The van der Waals surface area contributed by atoms with E-state index < -0.39 is 0 Å². The molecule has 0 radical (unpaired) electrons. The van der Waals surface area contributed by atoms with Crippen molar-refractivity contribution < 1.29 is 9.32 Å². The molecule has 1 rings (SSSR count). The zero-order valence-corrected chi connectivity index (χ0v) is 15.8. The van der Waals surface area contributed by atoms with Gasteiger partial charge in [-0.2, -0.15) is 0 Å². The fourth-order valence-electron chi connectivity index (χ4n) is 3.20. The normalized spacial score (nSPS) is 13.4. The number of carbonyl (C=O) groups is 1. The highest BCUT2D eigenvalue weighted by Gasteiger charge is 2.35. The van der Waals surface area contributed by atoms with E-state index in [1.807, 2.05) is 13.8 Å². The molecule has 1 unspecified atom stereocenters. The fourth-order valence-corrected chi connectivity index (χ4v) is 3.20. The van der Waals surface area contributed by atoms with Crippen molar-refractivity contribution in [3.05, 3.63) is 17.0 Å². The van der Waals surface area contributed by atoms with Gasteiger partial charge in [-0.15, -0.1) is 0 Å². The molecule has 0 spiro atoms. The van der Waals surface area contributed by atoms with Crippen LogP contribution in [0, 0.1) is 12.3 Å². The molecule has 1 N–H and O–H groups in total. The lowest BCUT2D eigenvalue weighted by atomic mass is 9.75. The Kier molecular flexibility index (Phi) is 7.26. The minimum atomic E-state index is -0.135. The summed E-state index contributed by atoms with van der Waals surface area (Å²) in [5.74, 6) is 0.648. The zero-order valence-electron chi connectivity index (χ0n) is 15.8. The molecule has 1 heterocycles. The molecular weight excluding hydrogens is 290 g/mol. The van der Waals surface area contributed by atoms with Crippen LogP contribution in [-0.4, -0.2) is 42.1 Å². The van der Waals surface area contributed by atoms with Gasteiger partial charge in [0.15, 0.2) is 5.69 Å². The molecule has 0 fully saturated rings. The lowest BCUT2D eigenvalue weighted by molar-refractivity contribution is 0.0802. The molecule has 1 atom stereocenters. The number of rotatable bonds is 9. The summed E-state index contributed by atoms with van der Waals surface area (Å²) in [6.45, 7) is 14.5. The van der Waals surface area contributed by atoms with E-state index in [0.29, 0.717) is 5.69 Å². The van der Waals surface area contributed by atoms with Gasteiger partial charge in [0.05, 0.1) is 0 Å². The first-order valence-electron chi connectivity index (χ1n) is 8.79. The predicted octanol–water partition coefficient (Wildman–Crippen LogP) is 3.42. The van der Waals surface area contributed by atoms with Crippen LogP contribution in [0.15, 0.2) is 4.52 Å². The van der Waals surface area contributed by atoms with Crippen molar-refractivity contribution in [3.63, 3.8) is 0 Å². The standard InChI is InChI=1S/C18H33N3O2/c1-8-15-13(5)16(20-23-15)17(22)19-14(6)18(9-2,10-3)12-21(7)11-4/h14H,8-12H2,1-7H3,(H,19,22). The molecule has 0 saturated carbocycles. The number of aromatic nitrogens is 1. The maximum atomic E-state index is 12.6. The smallest absolute Gasteiger partial charge is 0.273 e. The number of amides is 1. The van der Waals surface area contributed by atoms with Crippen LogP contribution in [0.2, 0.25) is 0 Å². The third kappa shape index (κ3) is 4.34. The Morgan fingerprint density at radius 3 is 2.35 bits per heavy atom. The van der Waals surface area contributed by atoms with E-state index in [1.165, 1.54) is 0 Å². The molecule has 0 saturated heterocycles. The summed E-state index contributed by atoms with van der Waals surface area (Å²) in [5.41, 5.74) is 1.33. The van der Waals surface area contributed by atoms with E-state index in [0.717, 1.165) is 43.7 Å². The minimum Gasteiger partial charge on any atom is -0.360 e. The van der Waals surface area contributed by atoms with Gasteiger partial charge in [0.2, 0.25) is 0 Å². The molecule has 1 aromatic heterocycles. The number of hydrogen-bond donors (Lipinski definition) is 1. The van der Waals surface area contributed by atoms with Crippen molar-refractivity contribution in [2.45, 2.75) is 66.8 Å². The molecule has 0 aliphatic carbocycles. The molecule has 0 aliphatic rings. The molecule has 1 aromatic rings. The molecule has 5 nitrogen and oxygen atoms in total. The number of carbonyl (C=O) groups excluding carboxylic acids is 1. The lowest BCUT2D eigenvalue weighted by Crippen LogP contribution is -2.50. The van der Waals surface area contributed by atoms with Crippen LogP contribution in [0.25, 0.3) is 0 Å². The monoisotopic (exact) mass is 323 g/mol. The summed E-state index contributed by atoms with van der Waals surface area (Å²) in [5, 5.41) is 7.11. The van der Waals surface area contributed by atoms with Crippen LogP contribution in [0.4, 0.5) is 0 Å². The molecule has 5 heteroatoms. The van der Waals surface area contributed by atoms with Crippen molar-refractivity contribution >= 4 is 5.91 Å². The Labute approximate surface area is 140 Å². The van der Waals surface area contributed by atoms with Gasteiger partial charge in [-0.05, 0) is 40.3 Å². The predicted molar refractivity (Wildman–Crippen MR) is 93.7 cm³/mol. The van der Waals surface area contributed by atoms with Gasteiger partial charge in [0.1, 0.15) is 5.76 Å². The Morgan fingerprint density at radius 2 is 1.91 bits per heavy atom. The Hall–Kier alpha value is -1.36. The van der Waals surface area contributed by atoms with Crippen LogP contribution in [-0.2, 0) is 6.42 Å². The Bertz CT molecular complexity index is 506. The summed E-state index contributed by atoms with van der Waals surface area (Å²) < 4.78 is 5.25. The average molecular weight is 323 g/mol. The van der Waals surface area contributed by atoms with Gasteiger partial charge in [0.25, 0.3) is 5.91 Å². The highest BCUT2D eigenvalue weighted by molar-refractivity contribution is 5.93. The van der Waals surface area contributed by atoms with E-state index >= 15 is 0 Å². The summed E-state index contributed by atoms with van der Waals surface area (Å²) in [4.78, 5) is 14.9. The molecule has 132 valence electrons. The van der Waals surface area contributed by atoms with Crippen LogP contribution < -0.4 is 5.32 Å². The number of nitrogens with one attached hydrogen (secondary N) is 1. The van der Waals surface area contributed by atoms with E-state index in [2.05, 4.69) is 50.1 Å². The second kappa shape index (κ2) is 8.48. The van der Waals surface area contributed by atoms with Crippen molar-refractivity contribution in [1.82, 2.24) is 15.4 Å². The summed E-state index contributed by atoms with van der Waals surface area (Å²) >= 11 is 0. The SMILES string of the molecule is CCc1onc(C(=O)NC(C)C(CC)(CC)CN(C)CC)c1C.